The smallest absolute Gasteiger partial charge is 0.294 e. The molecule has 1 amide bonds. The number of ether oxygens (including phenoxy) is 1. The zero-order valence-corrected chi connectivity index (χ0v) is 20.5. The van der Waals surface area contributed by atoms with Crippen LogP contribution in [0.2, 0.25) is 0 Å². The van der Waals surface area contributed by atoms with Crippen LogP contribution < -0.4 is 14.5 Å². The molecule has 1 aromatic heterocycles. The SMILES string of the molecule is COc1cccc2cc(C(=O)C3=C(O)C(=O)N(c4ccc(N(C)C)cc4)C3c3cccc(C)c3)oc12. The lowest BCUT2D eigenvalue weighted by molar-refractivity contribution is -0.117. The van der Waals surface area contributed by atoms with Crippen LogP contribution in [0.15, 0.2) is 88.5 Å². The van der Waals surface area contributed by atoms with Gasteiger partial charge in [0.25, 0.3) is 5.91 Å². The minimum atomic E-state index is -0.829. The highest BCUT2D eigenvalue weighted by molar-refractivity contribution is 6.20. The number of fused-ring (bicyclic) bond motifs is 1. The summed E-state index contributed by atoms with van der Waals surface area (Å²) < 4.78 is 11.2. The fraction of sp³-hybridized carbons (Fsp3) is 0.172. The molecule has 36 heavy (non-hydrogen) atoms. The molecule has 1 aliphatic heterocycles. The van der Waals surface area contributed by atoms with Gasteiger partial charge in [0.05, 0.1) is 18.7 Å². The monoisotopic (exact) mass is 482 g/mol. The summed E-state index contributed by atoms with van der Waals surface area (Å²) in [5, 5.41) is 11.7. The van der Waals surface area contributed by atoms with Crippen molar-refractivity contribution in [2.75, 3.05) is 31.0 Å². The van der Waals surface area contributed by atoms with Crippen LogP contribution in [-0.2, 0) is 4.79 Å². The van der Waals surface area contributed by atoms with E-state index in [2.05, 4.69) is 0 Å². The number of nitrogens with zero attached hydrogens (tertiary/aromatic N) is 2. The molecular formula is C29H26N2O5. The summed E-state index contributed by atoms with van der Waals surface area (Å²) in [6.07, 6.45) is 0. The molecule has 1 N–H and O–H groups in total. The summed E-state index contributed by atoms with van der Waals surface area (Å²) in [6.45, 7) is 1.94. The zero-order valence-electron chi connectivity index (χ0n) is 20.5. The molecule has 182 valence electrons. The molecule has 0 fully saturated rings. The molecule has 7 nitrogen and oxygen atoms in total. The number of para-hydroxylation sites is 1. The van der Waals surface area contributed by atoms with Crippen molar-refractivity contribution in [3.05, 3.63) is 101 Å². The van der Waals surface area contributed by atoms with Crippen LogP contribution in [0.5, 0.6) is 5.75 Å². The highest BCUT2D eigenvalue weighted by atomic mass is 16.5. The Labute approximate surface area is 208 Å². The molecule has 0 saturated heterocycles. The Hall–Kier alpha value is -4.52. The fourth-order valence-corrected chi connectivity index (χ4v) is 4.61. The number of hydrogen-bond acceptors (Lipinski definition) is 6. The Morgan fingerprint density at radius 3 is 2.42 bits per heavy atom. The van der Waals surface area contributed by atoms with E-state index in [1.807, 2.05) is 80.5 Å². The van der Waals surface area contributed by atoms with Crippen LogP contribution in [0.1, 0.15) is 27.7 Å². The Balaban J connectivity index is 1.64. The van der Waals surface area contributed by atoms with Gasteiger partial charge in [-0.2, -0.15) is 0 Å². The molecule has 5 rings (SSSR count). The summed E-state index contributed by atoms with van der Waals surface area (Å²) in [4.78, 5) is 30.7. The Kier molecular flexibility index (Phi) is 5.76. The predicted octanol–water partition coefficient (Wildman–Crippen LogP) is 5.60. The molecule has 1 aliphatic rings. The Morgan fingerprint density at radius 2 is 1.75 bits per heavy atom. The van der Waals surface area contributed by atoms with Gasteiger partial charge in [0.1, 0.15) is 0 Å². The minimum Gasteiger partial charge on any atom is -0.503 e. The quantitative estimate of drug-likeness (QED) is 0.360. The molecule has 1 unspecified atom stereocenters. The normalized spacial score (nSPS) is 15.6. The number of aliphatic hydroxyl groups excluding tert-OH is 1. The van der Waals surface area contributed by atoms with Crippen molar-refractivity contribution in [1.29, 1.82) is 0 Å². The number of methoxy groups -OCH3 is 1. The van der Waals surface area contributed by atoms with Gasteiger partial charge in [-0.05, 0) is 48.9 Å². The lowest BCUT2D eigenvalue weighted by Crippen LogP contribution is -2.31. The third kappa shape index (κ3) is 3.79. The van der Waals surface area contributed by atoms with E-state index in [1.54, 1.807) is 18.2 Å². The number of Topliss-reactive ketones (excluding diaryl/α,β-unsaturated/α-hetero) is 1. The van der Waals surface area contributed by atoms with Crippen molar-refractivity contribution in [1.82, 2.24) is 0 Å². The van der Waals surface area contributed by atoms with E-state index in [0.717, 1.165) is 11.3 Å². The van der Waals surface area contributed by atoms with Gasteiger partial charge >= 0.3 is 0 Å². The van der Waals surface area contributed by atoms with Gasteiger partial charge in [-0.15, -0.1) is 0 Å². The summed E-state index contributed by atoms with van der Waals surface area (Å²) in [5.74, 6) is -1.28. The number of anilines is 2. The van der Waals surface area contributed by atoms with Crippen molar-refractivity contribution in [3.63, 3.8) is 0 Å². The van der Waals surface area contributed by atoms with Crippen LogP contribution in [0, 0.1) is 6.92 Å². The first-order valence-corrected chi connectivity index (χ1v) is 11.5. The fourth-order valence-electron chi connectivity index (χ4n) is 4.61. The van der Waals surface area contributed by atoms with E-state index in [9.17, 15) is 14.7 Å². The third-order valence-corrected chi connectivity index (χ3v) is 6.41. The number of carbonyl (C=O) groups excluding carboxylic acids is 2. The van der Waals surface area contributed by atoms with Gasteiger partial charge in [0, 0.05) is 30.9 Å². The van der Waals surface area contributed by atoms with Crippen molar-refractivity contribution in [2.24, 2.45) is 0 Å². The standard InChI is InChI=1S/C29H26N2O5/c1-17-7-5-8-18(15-17)25-24(26(32)23-16-19-9-6-10-22(35-4)28(19)36-23)27(33)29(34)31(25)21-13-11-20(12-14-21)30(2)3/h5-16,25,33H,1-4H3. The highest BCUT2D eigenvalue weighted by Crippen LogP contribution is 2.43. The topological polar surface area (TPSA) is 83.2 Å². The summed E-state index contributed by atoms with van der Waals surface area (Å²) in [5.41, 5.74) is 3.60. The molecule has 2 heterocycles. The largest absolute Gasteiger partial charge is 0.503 e. The second-order valence-electron chi connectivity index (χ2n) is 8.98. The average molecular weight is 483 g/mol. The summed E-state index contributed by atoms with van der Waals surface area (Å²) >= 11 is 0. The minimum absolute atomic E-state index is 0.0197. The molecule has 3 aromatic carbocycles. The average Bonchev–Trinajstić information content (AvgIpc) is 3.43. The van der Waals surface area contributed by atoms with Crippen molar-refractivity contribution >= 4 is 34.0 Å². The summed E-state index contributed by atoms with van der Waals surface area (Å²) in [6, 6.07) is 21.1. The van der Waals surface area contributed by atoms with Gasteiger partial charge in [0.2, 0.25) is 5.78 Å². The number of hydrogen-bond donors (Lipinski definition) is 1. The lowest BCUT2D eigenvalue weighted by Gasteiger charge is -2.27. The first kappa shape index (κ1) is 23.2. The third-order valence-electron chi connectivity index (χ3n) is 6.41. The maximum atomic E-state index is 13.8. The van der Waals surface area contributed by atoms with E-state index < -0.39 is 23.5 Å². The molecule has 0 spiro atoms. The highest BCUT2D eigenvalue weighted by Gasteiger charge is 2.45. The second-order valence-corrected chi connectivity index (χ2v) is 8.98. The van der Waals surface area contributed by atoms with E-state index in [-0.39, 0.29) is 11.3 Å². The Bertz CT molecular complexity index is 1510. The first-order chi connectivity index (χ1) is 17.3. The number of amides is 1. The first-order valence-electron chi connectivity index (χ1n) is 11.5. The molecule has 0 aliphatic carbocycles. The molecule has 0 saturated carbocycles. The van der Waals surface area contributed by atoms with E-state index in [1.165, 1.54) is 12.0 Å². The van der Waals surface area contributed by atoms with Crippen LogP contribution in [-0.4, -0.2) is 38.0 Å². The molecule has 4 aromatic rings. The van der Waals surface area contributed by atoms with Crippen LogP contribution in [0.4, 0.5) is 11.4 Å². The molecule has 0 radical (unpaired) electrons. The number of aliphatic hydroxyl groups is 1. The van der Waals surface area contributed by atoms with Crippen LogP contribution >= 0.6 is 0 Å². The van der Waals surface area contributed by atoms with Crippen LogP contribution in [0.25, 0.3) is 11.0 Å². The lowest BCUT2D eigenvalue weighted by atomic mass is 9.94. The zero-order chi connectivity index (χ0) is 25.6. The molecule has 0 bridgehead atoms. The number of carbonyl (C=O) groups is 2. The van der Waals surface area contributed by atoms with Gasteiger partial charge in [0.15, 0.2) is 22.9 Å². The van der Waals surface area contributed by atoms with E-state index >= 15 is 0 Å². The number of furan rings is 1. The maximum absolute atomic E-state index is 13.8. The number of rotatable bonds is 6. The summed E-state index contributed by atoms with van der Waals surface area (Å²) in [7, 11) is 5.38. The van der Waals surface area contributed by atoms with E-state index in [4.69, 9.17) is 9.15 Å². The molecular weight excluding hydrogens is 456 g/mol. The predicted molar refractivity (Wildman–Crippen MR) is 139 cm³/mol. The molecule has 1 atom stereocenters. The Morgan fingerprint density at radius 1 is 1.03 bits per heavy atom. The maximum Gasteiger partial charge on any atom is 0.294 e. The number of aryl methyl sites for hydroxylation is 1. The number of ketones is 1. The van der Waals surface area contributed by atoms with E-state index in [0.29, 0.717) is 28.0 Å². The van der Waals surface area contributed by atoms with Crippen molar-refractivity contribution in [2.45, 2.75) is 13.0 Å². The second kappa shape index (κ2) is 8.92. The van der Waals surface area contributed by atoms with Gasteiger partial charge in [-0.3, -0.25) is 14.5 Å². The molecule has 7 heteroatoms. The van der Waals surface area contributed by atoms with Crippen molar-refractivity contribution < 1.29 is 23.8 Å². The van der Waals surface area contributed by atoms with Gasteiger partial charge < -0.3 is 19.2 Å². The number of benzene rings is 3. The van der Waals surface area contributed by atoms with Crippen LogP contribution in [0.3, 0.4) is 0 Å². The van der Waals surface area contributed by atoms with Gasteiger partial charge in [-0.25, -0.2) is 0 Å². The van der Waals surface area contributed by atoms with Gasteiger partial charge in [-0.1, -0.05) is 42.0 Å². The van der Waals surface area contributed by atoms with Crippen molar-refractivity contribution in [3.8, 4) is 5.75 Å².